The van der Waals surface area contributed by atoms with Gasteiger partial charge in [0.2, 0.25) is 5.95 Å². The van der Waals surface area contributed by atoms with Crippen LogP contribution in [0.5, 0.6) is 0 Å². The van der Waals surface area contributed by atoms with Crippen molar-refractivity contribution in [2.75, 3.05) is 18.0 Å². The topological polar surface area (TPSA) is 16.1 Å². The van der Waals surface area contributed by atoms with Gasteiger partial charge in [0, 0.05) is 31.0 Å². The number of halogens is 1. The maximum Gasteiger partial charge on any atom is 0.214 e. The van der Waals surface area contributed by atoms with Gasteiger partial charge < -0.3 is 4.90 Å². The van der Waals surface area contributed by atoms with Crippen LogP contribution in [0.25, 0.3) is 0 Å². The van der Waals surface area contributed by atoms with Crippen LogP contribution < -0.4 is 4.90 Å². The van der Waals surface area contributed by atoms with Crippen LogP contribution >= 0.6 is 0 Å². The molecule has 0 N–H and O–H groups in total. The fraction of sp³-hybridized carbons (Fsp3) is 0.583. The van der Waals surface area contributed by atoms with E-state index in [9.17, 15) is 4.39 Å². The van der Waals surface area contributed by atoms with Gasteiger partial charge in [0.25, 0.3) is 0 Å². The average Bonchev–Trinajstić information content (AvgIpc) is 2.67. The summed E-state index contributed by atoms with van der Waals surface area (Å²) in [6.45, 7) is 4.33. The molecular weight excluding hydrogens is 191 g/mol. The van der Waals surface area contributed by atoms with Gasteiger partial charge in [-0.1, -0.05) is 13.3 Å². The van der Waals surface area contributed by atoms with Crippen LogP contribution in [0.3, 0.4) is 0 Å². The Hall–Kier alpha value is -1.12. The molecule has 1 unspecified atom stereocenters. The maximum atomic E-state index is 12.9. The Balaban J connectivity index is 2.01. The minimum absolute atomic E-state index is 0.383. The van der Waals surface area contributed by atoms with E-state index in [0.717, 1.165) is 24.7 Å². The summed E-state index contributed by atoms with van der Waals surface area (Å²) in [5.41, 5.74) is 0.973. The summed E-state index contributed by atoms with van der Waals surface area (Å²) in [4.78, 5) is 5.83. The first-order valence-corrected chi connectivity index (χ1v) is 5.66. The zero-order valence-corrected chi connectivity index (χ0v) is 9.12. The lowest BCUT2D eigenvalue weighted by molar-refractivity contribution is 0.529. The Labute approximate surface area is 90.1 Å². The molecule has 0 amide bonds. The fourth-order valence-corrected chi connectivity index (χ4v) is 2.30. The van der Waals surface area contributed by atoms with Crippen LogP contribution in [0.1, 0.15) is 26.2 Å². The summed E-state index contributed by atoms with van der Waals surface area (Å²) in [6.07, 6.45) is 5.29. The van der Waals surface area contributed by atoms with Gasteiger partial charge in [0.15, 0.2) is 0 Å². The first-order chi connectivity index (χ1) is 7.29. The van der Waals surface area contributed by atoms with E-state index in [1.54, 1.807) is 0 Å². The standard InChI is InChI=1S/C12H17FN2/c1-2-3-10-5-7-15(9-10)11-4-6-14-12(13)8-11/h4,6,8,10H,2-3,5,7,9H2,1H3. The van der Waals surface area contributed by atoms with E-state index in [1.807, 2.05) is 6.07 Å². The van der Waals surface area contributed by atoms with Crippen molar-refractivity contribution in [3.63, 3.8) is 0 Å². The smallest absolute Gasteiger partial charge is 0.214 e. The molecule has 1 fully saturated rings. The summed E-state index contributed by atoms with van der Waals surface area (Å²) in [6, 6.07) is 3.41. The Bertz CT molecular complexity index is 327. The Morgan fingerprint density at radius 1 is 1.60 bits per heavy atom. The van der Waals surface area contributed by atoms with Gasteiger partial charge in [0.05, 0.1) is 0 Å². The maximum absolute atomic E-state index is 12.9. The first kappa shape index (κ1) is 10.4. The van der Waals surface area contributed by atoms with Gasteiger partial charge in [-0.3, -0.25) is 0 Å². The second kappa shape index (κ2) is 4.60. The van der Waals surface area contributed by atoms with E-state index in [1.165, 1.54) is 31.5 Å². The molecule has 1 aromatic rings. The van der Waals surface area contributed by atoms with Crippen LogP contribution in [0.2, 0.25) is 0 Å². The number of rotatable bonds is 3. The molecule has 1 aliphatic heterocycles. The van der Waals surface area contributed by atoms with E-state index >= 15 is 0 Å². The monoisotopic (exact) mass is 208 g/mol. The quantitative estimate of drug-likeness (QED) is 0.710. The van der Waals surface area contributed by atoms with E-state index < -0.39 is 0 Å². The SMILES string of the molecule is CCCC1CCN(c2ccnc(F)c2)C1. The summed E-state index contributed by atoms with van der Waals surface area (Å²) < 4.78 is 12.9. The Kier molecular flexibility index (Phi) is 3.19. The predicted molar refractivity (Wildman–Crippen MR) is 59.4 cm³/mol. The van der Waals surface area contributed by atoms with Gasteiger partial charge in [-0.25, -0.2) is 4.98 Å². The summed E-state index contributed by atoms with van der Waals surface area (Å²) in [5.74, 6) is 0.401. The number of aromatic nitrogens is 1. The summed E-state index contributed by atoms with van der Waals surface area (Å²) in [7, 11) is 0. The van der Waals surface area contributed by atoms with Crippen molar-refractivity contribution in [2.45, 2.75) is 26.2 Å². The highest BCUT2D eigenvalue weighted by atomic mass is 19.1. The van der Waals surface area contributed by atoms with Crippen molar-refractivity contribution in [3.8, 4) is 0 Å². The lowest BCUT2D eigenvalue weighted by atomic mass is 10.0. The Morgan fingerprint density at radius 3 is 3.20 bits per heavy atom. The number of anilines is 1. The van der Waals surface area contributed by atoms with E-state index in [0.29, 0.717) is 0 Å². The molecule has 0 spiro atoms. The molecule has 0 saturated carbocycles. The van der Waals surface area contributed by atoms with Crippen LogP contribution in [0.15, 0.2) is 18.3 Å². The van der Waals surface area contributed by atoms with Crippen molar-refractivity contribution in [3.05, 3.63) is 24.3 Å². The number of hydrogen-bond donors (Lipinski definition) is 0. The van der Waals surface area contributed by atoms with Crippen molar-refractivity contribution in [1.82, 2.24) is 4.98 Å². The molecule has 0 aliphatic carbocycles. The second-order valence-electron chi connectivity index (χ2n) is 4.23. The highest BCUT2D eigenvalue weighted by Gasteiger charge is 2.21. The molecule has 0 radical (unpaired) electrons. The van der Waals surface area contributed by atoms with Gasteiger partial charge in [-0.05, 0) is 24.8 Å². The lowest BCUT2D eigenvalue weighted by Gasteiger charge is -2.18. The van der Waals surface area contributed by atoms with Gasteiger partial charge >= 0.3 is 0 Å². The molecule has 1 saturated heterocycles. The third-order valence-corrected chi connectivity index (χ3v) is 3.06. The van der Waals surface area contributed by atoms with Gasteiger partial charge in [-0.2, -0.15) is 4.39 Å². The molecular formula is C12H17FN2. The second-order valence-corrected chi connectivity index (χ2v) is 4.23. The summed E-state index contributed by atoms with van der Waals surface area (Å²) >= 11 is 0. The zero-order valence-electron chi connectivity index (χ0n) is 9.12. The van der Waals surface area contributed by atoms with Crippen molar-refractivity contribution in [1.29, 1.82) is 0 Å². The molecule has 2 nitrogen and oxygen atoms in total. The molecule has 1 aromatic heterocycles. The molecule has 0 aromatic carbocycles. The molecule has 2 rings (SSSR count). The highest BCUT2D eigenvalue weighted by Crippen LogP contribution is 2.26. The van der Waals surface area contributed by atoms with Crippen LogP contribution in [0, 0.1) is 11.9 Å². The largest absolute Gasteiger partial charge is 0.371 e. The Morgan fingerprint density at radius 2 is 2.47 bits per heavy atom. The highest BCUT2D eigenvalue weighted by molar-refractivity contribution is 5.45. The molecule has 1 aliphatic rings. The van der Waals surface area contributed by atoms with Gasteiger partial charge in [-0.15, -0.1) is 0 Å². The minimum Gasteiger partial charge on any atom is -0.371 e. The van der Waals surface area contributed by atoms with Crippen LogP contribution in [0.4, 0.5) is 10.1 Å². The fourth-order valence-electron chi connectivity index (χ4n) is 2.30. The molecule has 2 heterocycles. The van der Waals surface area contributed by atoms with E-state index in [4.69, 9.17) is 0 Å². The molecule has 0 bridgehead atoms. The van der Waals surface area contributed by atoms with Crippen molar-refractivity contribution < 1.29 is 4.39 Å². The predicted octanol–water partition coefficient (Wildman–Crippen LogP) is 2.85. The summed E-state index contributed by atoms with van der Waals surface area (Å²) in [5, 5.41) is 0. The zero-order chi connectivity index (χ0) is 10.7. The van der Waals surface area contributed by atoms with Gasteiger partial charge in [0.1, 0.15) is 0 Å². The molecule has 82 valence electrons. The number of hydrogen-bond acceptors (Lipinski definition) is 2. The van der Waals surface area contributed by atoms with Crippen molar-refractivity contribution in [2.24, 2.45) is 5.92 Å². The van der Waals surface area contributed by atoms with Crippen LogP contribution in [-0.2, 0) is 0 Å². The van der Waals surface area contributed by atoms with Crippen molar-refractivity contribution >= 4 is 5.69 Å². The van der Waals surface area contributed by atoms with Crippen LogP contribution in [-0.4, -0.2) is 18.1 Å². The lowest BCUT2D eigenvalue weighted by Crippen LogP contribution is -2.19. The number of pyridine rings is 1. The number of nitrogens with zero attached hydrogens (tertiary/aromatic N) is 2. The first-order valence-electron chi connectivity index (χ1n) is 5.66. The average molecular weight is 208 g/mol. The molecule has 1 atom stereocenters. The normalized spacial score (nSPS) is 20.9. The van der Waals surface area contributed by atoms with E-state index in [-0.39, 0.29) is 5.95 Å². The van der Waals surface area contributed by atoms with E-state index in [2.05, 4.69) is 16.8 Å². The molecule has 15 heavy (non-hydrogen) atoms. The third kappa shape index (κ3) is 2.46. The third-order valence-electron chi connectivity index (χ3n) is 3.06. The molecule has 3 heteroatoms. The minimum atomic E-state index is -0.383.